The van der Waals surface area contributed by atoms with Crippen molar-refractivity contribution in [3.63, 3.8) is 0 Å². The van der Waals surface area contributed by atoms with Crippen molar-refractivity contribution in [1.82, 2.24) is 6.15 Å². The minimum atomic E-state index is -2.34. The van der Waals surface area contributed by atoms with E-state index >= 15 is 0 Å². The Bertz CT molecular complexity index is 23.5. The molecule has 0 fully saturated rings. The van der Waals surface area contributed by atoms with Crippen LogP contribution in [0.1, 0.15) is 0 Å². The summed E-state index contributed by atoms with van der Waals surface area (Å²) in [4.78, 5) is 0. The van der Waals surface area contributed by atoms with Crippen LogP contribution in [-0.2, 0) is 0 Å². The van der Waals surface area contributed by atoms with Crippen LogP contribution in [0.4, 0.5) is 8.78 Å². The van der Waals surface area contributed by atoms with Gasteiger partial charge in [-0.2, -0.15) is 0 Å². The Morgan fingerprint density at radius 3 is 1.67 bits per heavy atom. The summed E-state index contributed by atoms with van der Waals surface area (Å²) in [5.41, 5.74) is 4.42. The smallest absolute Gasteiger partial charge is 0.250 e. The minimum absolute atomic E-state index is 0. The van der Waals surface area contributed by atoms with Crippen LogP contribution in [0.3, 0.4) is 0 Å². The quantitative estimate of drug-likeness (QED) is 0.497. The van der Waals surface area contributed by atoms with Gasteiger partial charge in [0.1, 0.15) is 0 Å². The van der Waals surface area contributed by atoms with Crippen LogP contribution in [0.2, 0.25) is 0 Å². The number of alkyl halides is 2. The fraction of sp³-hybridized carbons (Fsp3) is 1.00. The summed E-state index contributed by atoms with van der Waals surface area (Å²) in [5.74, 6) is 0. The number of rotatable bonds is 1. The van der Waals surface area contributed by atoms with Crippen LogP contribution >= 0.6 is 0 Å². The number of halogens is 2. The van der Waals surface area contributed by atoms with E-state index in [2.05, 4.69) is 5.73 Å². The first-order chi connectivity index (χ1) is 2.27. The van der Waals surface area contributed by atoms with E-state index in [1.54, 1.807) is 0 Å². The van der Waals surface area contributed by atoms with E-state index in [0.717, 1.165) is 0 Å². The zero-order valence-electron chi connectivity index (χ0n) is 3.32. The van der Waals surface area contributed by atoms with Crippen LogP contribution < -0.4 is 11.9 Å². The molecule has 0 aliphatic heterocycles. The fourth-order valence-electron chi connectivity index (χ4n) is 0. The molecular weight excluding hydrogens is 90.0 g/mol. The van der Waals surface area contributed by atoms with E-state index in [1.807, 2.05) is 0 Å². The average molecular weight is 98.1 g/mol. The van der Waals surface area contributed by atoms with Crippen molar-refractivity contribution in [2.24, 2.45) is 5.73 Å². The normalized spacial score (nSPS) is 8.00. The van der Waals surface area contributed by atoms with Crippen LogP contribution in [-0.4, -0.2) is 13.0 Å². The summed E-state index contributed by atoms with van der Waals surface area (Å²) in [7, 11) is 0. The van der Waals surface area contributed by atoms with Crippen molar-refractivity contribution in [3.8, 4) is 0 Å². The lowest BCUT2D eigenvalue weighted by Crippen LogP contribution is -2.08. The minimum Gasteiger partial charge on any atom is -0.344 e. The van der Waals surface area contributed by atoms with Crippen LogP contribution in [0.5, 0.6) is 0 Å². The second kappa shape index (κ2) is 4.78. The molecule has 0 aromatic carbocycles. The van der Waals surface area contributed by atoms with Crippen LogP contribution in [0, 0.1) is 0 Å². The molecule has 0 saturated carbocycles. The van der Waals surface area contributed by atoms with Crippen molar-refractivity contribution in [3.05, 3.63) is 0 Å². The zero-order valence-corrected chi connectivity index (χ0v) is 3.32. The van der Waals surface area contributed by atoms with Crippen molar-refractivity contribution in [2.45, 2.75) is 6.43 Å². The molecule has 0 amide bonds. The maximum atomic E-state index is 10.6. The van der Waals surface area contributed by atoms with Gasteiger partial charge in [-0.05, 0) is 0 Å². The molecule has 0 aromatic heterocycles. The highest BCUT2D eigenvalue weighted by atomic mass is 19.3. The molecule has 0 saturated heterocycles. The molecule has 0 aromatic rings. The summed E-state index contributed by atoms with van der Waals surface area (Å²) in [5, 5.41) is 0. The highest BCUT2D eigenvalue weighted by Crippen LogP contribution is 1.82. The van der Waals surface area contributed by atoms with E-state index < -0.39 is 13.0 Å². The summed E-state index contributed by atoms with van der Waals surface area (Å²) in [6, 6.07) is 0. The molecule has 0 spiro atoms. The molecule has 0 bridgehead atoms. The summed E-state index contributed by atoms with van der Waals surface area (Å²) in [6.45, 7) is -0.528. The lowest BCUT2D eigenvalue weighted by molar-refractivity contribution is 0.158. The molecular formula is C2H8F2N2. The third-order valence-electron chi connectivity index (χ3n) is 0.178. The molecule has 0 atom stereocenters. The number of hydrogen-bond donors (Lipinski definition) is 2. The van der Waals surface area contributed by atoms with E-state index in [4.69, 9.17) is 0 Å². The van der Waals surface area contributed by atoms with Gasteiger partial charge < -0.3 is 11.9 Å². The van der Waals surface area contributed by atoms with Crippen LogP contribution in [0.15, 0.2) is 0 Å². The summed E-state index contributed by atoms with van der Waals surface area (Å²) in [6.07, 6.45) is -2.34. The Hall–Kier alpha value is -0.220. The molecule has 0 aliphatic rings. The number of hydrogen-bond acceptors (Lipinski definition) is 2. The first-order valence-corrected chi connectivity index (χ1v) is 1.25. The summed E-state index contributed by atoms with van der Waals surface area (Å²) >= 11 is 0. The zero-order chi connectivity index (χ0) is 4.28. The highest BCUT2D eigenvalue weighted by molar-refractivity contribution is 4.30. The van der Waals surface area contributed by atoms with Crippen molar-refractivity contribution >= 4 is 0 Å². The predicted molar refractivity (Wildman–Crippen MR) is 20.1 cm³/mol. The fourth-order valence-corrected chi connectivity index (χ4v) is 0. The van der Waals surface area contributed by atoms with Gasteiger partial charge in [0, 0.05) is 0 Å². The standard InChI is InChI=1S/C2H5F2N.H3N/c3-2(4)1-5;/h2H,1,5H2;1H3. The third-order valence-corrected chi connectivity index (χ3v) is 0.178. The van der Waals surface area contributed by atoms with Gasteiger partial charge in [0.05, 0.1) is 6.54 Å². The molecule has 0 aliphatic carbocycles. The molecule has 5 N–H and O–H groups in total. The van der Waals surface area contributed by atoms with Gasteiger partial charge >= 0.3 is 0 Å². The Morgan fingerprint density at radius 1 is 1.50 bits per heavy atom. The van der Waals surface area contributed by atoms with E-state index in [-0.39, 0.29) is 6.15 Å². The lowest BCUT2D eigenvalue weighted by Gasteiger charge is -1.82. The maximum absolute atomic E-state index is 10.6. The Labute approximate surface area is 34.9 Å². The Kier molecular flexibility index (Phi) is 7.36. The first-order valence-electron chi connectivity index (χ1n) is 1.25. The molecule has 2 nitrogen and oxygen atoms in total. The predicted octanol–water partition coefficient (Wildman–Crippen LogP) is 0.372. The molecule has 40 valence electrons. The highest BCUT2D eigenvalue weighted by Gasteiger charge is 1.91. The van der Waals surface area contributed by atoms with Gasteiger partial charge in [-0.1, -0.05) is 0 Å². The molecule has 0 unspecified atom stereocenters. The second-order valence-corrected chi connectivity index (χ2v) is 0.627. The molecule has 4 heteroatoms. The molecule has 0 rings (SSSR count). The van der Waals surface area contributed by atoms with Gasteiger partial charge in [0.15, 0.2) is 0 Å². The molecule has 6 heavy (non-hydrogen) atoms. The number of nitrogens with two attached hydrogens (primary N) is 1. The van der Waals surface area contributed by atoms with Crippen LogP contribution in [0.25, 0.3) is 0 Å². The molecule has 0 radical (unpaired) electrons. The van der Waals surface area contributed by atoms with Gasteiger partial charge in [0.25, 0.3) is 6.43 Å². The average Bonchev–Trinajstić information content (AvgIpc) is 1.38. The van der Waals surface area contributed by atoms with E-state index in [1.165, 1.54) is 0 Å². The lowest BCUT2D eigenvalue weighted by atomic mass is 10.7. The Morgan fingerprint density at radius 2 is 1.67 bits per heavy atom. The van der Waals surface area contributed by atoms with Gasteiger partial charge in [-0.25, -0.2) is 8.78 Å². The maximum Gasteiger partial charge on any atom is 0.250 e. The van der Waals surface area contributed by atoms with E-state index in [9.17, 15) is 8.78 Å². The first kappa shape index (κ1) is 9.24. The van der Waals surface area contributed by atoms with Crippen molar-refractivity contribution < 1.29 is 8.78 Å². The summed E-state index contributed by atoms with van der Waals surface area (Å²) < 4.78 is 21.3. The largest absolute Gasteiger partial charge is 0.344 e. The van der Waals surface area contributed by atoms with Gasteiger partial charge in [0.2, 0.25) is 0 Å². The molecule has 0 heterocycles. The van der Waals surface area contributed by atoms with E-state index in [0.29, 0.717) is 0 Å². The topological polar surface area (TPSA) is 61.0 Å². The SMILES string of the molecule is N.NCC(F)F. The third kappa shape index (κ3) is 9.22. The van der Waals surface area contributed by atoms with Crippen molar-refractivity contribution in [2.75, 3.05) is 6.54 Å². The van der Waals surface area contributed by atoms with Gasteiger partial charge in [-0.15, -0.1) is 0 Å². The van der Waals surface area contributed by atoms with Crippen molar-refractivity contribution in [1.29, 1.82) is 0 Å². The Balaban J connectivity index is 0. The second-order valence-electron chi connectivity index (χ2n) is 0.627. The van der Waals surface area contributed by atoms with Gasteiger partial charge in [-0.3, -0.25) is 0 Å². The monoisotopic (exact) mass is 98.1 g/mol.